The Hall–Kier alpha value is -2.30. The van der Waals surface area contributed by atoms with Gasteiger partial charge in [0.1, 0.15) is 12.4 Å². The summed E-state index contributed by atoms with van der Waals surface area (Å²) in [5.74, 6) is -1.10. The number of carboxylic acids is 1. The second kappa shape index (κ2) is 6.44. The van der Waals surface area contributed by atoms with Crippen LogP contribution in [0.4, 0.5) is 0 Å². The van der Waals surface area contributed by atoms with Crippen molar-refractivity contribution in [2.45, 2.75) is 13.0 Å². The molecule has 1 aromatic carbocycles. The molecule has 0 atom stereocenters. The molecule has 1 N–H and O–H groups in total. The number of ether oxygens (including phenoxy) is 2. The molecule has 0 spiro atoms. The molecule has 18 heavy (non-hydrogen) atoms. The van der Waals surface area contributed by atoms with E-state index < -0.39 is 11.9 Å². The van der Waals surface area contributed by atoms with E-state index in [1.165, 1.54) is 0 Å². The van der Waals surface area contributed by atoms with Gasteiger partial charge in [-0.05, 0) is 17.7 Å². The first-order chi connectivity index (χ1) is 8.52. The normalized spacial score (nSPS) is 9.61. The Morgan fingerprint density at radius 1 is 1.28 bits per heavy atom. The highest BCUT2D eigenvalue weighted by Gasteiger charge is 2.11. The van der Waals surface area contributed by atoms with Gasteiger partial charge in [-0.25, -0.2) is 4.79 Å². The molecule has 0 aromatic heterocycles. The van der Waals surface area contributed by atoms with Crippen molar-refractivity contribution in [2.75, 3.05) is 7.11 Å². The van der Waals surface area contributed by atoms with Crippen LogP contribution in [0.2, 0.25) is 0 Å². The zero-order chi connectivity index (χ0) is 13.5. The Morgan fingerprint density at radius 2 is 1.89 bits per heavy atom. The maximum atomic E-state index is 11.3. The number of aliphatic carboxylic acids is 1. The van der Waals surface area contributed by atoms with Crippen LogP contribution < -0.4 is 4.74 Å². The largest absolute Gasteiger partial charge is 0.497 e. The smallest absolute Gasteiger partial charge is 0.331 e. The molecule has 0 bridgehead atoms. The van der Waals surface area contributed by atoms with E-state index in [4.69, 9.17) is 14.6 Å². The maximum Gasteiger partial charge on any atom is 0.331 e. The number of rotatable bonds is 6. The molecular weight excluding hydrogens is 236 g/mol. The lowest BCUT2D eigenvalue weighted by Crippen LogP contribution is -2.09. The van der Waals surface area contributed by atoms with Crippen molar-refractivity contribution in [3.63, 3.8) is 0 Å². The SMILES string of the molecule is C=C(CC(=O)OCc1ccc(OC)cc1)C(=O)O. The fraction of sp³-hybridized carbons (Fsp3) is 0.231. The Morgan fingerprint density at radius 3 is 2.39 bits per heavy atom. The van der Waals surface area contributed by atoms with Crippen LogP contribution in [0.3, 0.4) is 0 Å². The average Bonchev–Trinajstić information content (AvgIpc) is 2.36. The van der Waals surface area contributed by atoms with Gasteiger partial charge in [0.2, 0.25) is 0 Å². The Balaban J connectivity index is 2.42. The van der Waals surface area contributed by atoms with E-state index in [1.54, 1.807) is 31.4 Å². The number of carbonyl (C=O) groups excluding carboxylic acids is 1. The lowest BCUT2D eigenvalue weighted by molar-refractivity contribution is -0.145. The maximum absolute atomic E-state index is 11.3. The molecule has 0 amide bonds. The van der Waals surface area contributed by atoms with Crippen molar-refractivity contribution in [3.8, 4) is 5.75 Å². The van der Waals surface area contributed by atoms with Crippen LogP contribution in [0.15, 0.2) is 36.4 Å². The molecule has 0 aliphatic rings. The Kier molecular flexibility index (Phi) is 4.92. The predicted molar refractivity (Wildman–Crippen MR) is 64.2 cm³/mol. The summed E-state index contributed by atoms with van der Waals surface area (Å²) in [7, 11) is 1.56. The number of benzene rings is 1. The Bertz CT molecular complexity index is 447. The molecule has 0 heterocycles. The van der Waals surface area contributed by atoms with Crippen LogP contribution in [-0.2, 0) is 20.9 Å². The number of esters is 1. The van der Waals surface area contributed by atoms with Crippen LogP contribution in [-0.4, -0.2) is 24.2 Å². The van der Waals surface area contributed by atoms with Gasteiger partial charge in [-0.1, -0.05) is 18.7 Å². The van der Waals surface area contributed by atoms with E-state index in [9.17, 15) is 9.59 Å². The number of carbonyl (C=O) groups is 2. The third-order valence-corrected chi connectivity index (χ3v) is 2.22. The molecule has 96 valence electrons. The molecule has 0 saturated heterocycles. The summed E-state index contributed by atoms with van der Waals surface area (Å²) < 4.78 is 9.91. The summed E-state index contributed by atoms with van der Waals surface area (Å²) in [6.07, 6.45) is -0.314. The zero-order valence-electron chi connectivity index (χ0n) is 10.0. The van der Waals surface area contributed by atoms with Crippen molar-refractivity contribution >= 4 is 11.9 Å². The lowest BCUT2D eigenvalue weighted by atomic mass is 10.2. The van der Waals surface area contributed by atoms with Gasteiger partial charge in [-0.15, -0.1) is 0 Å². The van der Waals surface area contributed by atoms with Gasteiger partial charge >= 0.3 is 11.9 Å². The summed E-state index contributed by atoms with van der Waals surface area (Å²) in [6, 6.07) is 7.02. The van der Waals surface area contributed by atoms with Gasteiger partial charge in [0.15, 0.2) is 0 Å². The summed E-state index contributed by atoms with van der Waals surface area (Å²) in [5.41, 5.74) is 0.611. The standard InChI is InChI=1S/C13H14O5/c1-9(13(15)16)7-12(14)18-8-10-3-5-11(17-2)6-4-10/h3-6H,1,7-8H2,2H3,(H,15,16). The topological polar surface area (TPSA) is 72.8 Å². The minimum atomic E-state index is -1.20. The third-order valence-electron chi connectivity index (χ3n) is 2.22. The first-order valence-corrected chi connectivity index (χ1v) is 5.22. The van der Waals surface area contributed by atoms with Gasteiger partial charge in [-0.3, -0.25) is 4.79 Å². The van der Waals surface area contributed by atoms with Crippen molar-refractivity contribution < 1.29 is 24.2 Å². The van der Waals surface area contributed by atoms with Crippen LogP contribution in [0.1, 0.15) is 12.0 Å². The average molecular weight is 250 g/mol. The second-order valence-corrected chi connectivity index (χ2v) is 3.59. The van der Waals surface area contributed by atoms with Crippen molar-refractivity contribution in [1.29, 1.82) is 0 Å². The predicted octanol–water partition coefficient (Wildman–Crippen LogP) is 1.77. The highest BCUT2D eigenvalue weighted by atomic mass is 16.5. The van der Waals surface area contributed by atoms with Gasteiger partial charge in [0.05, 0.1) is 13.5 Å². The lowest BCUT2D eigenvalue weighted by Gasteiger charge is -2.05. The van der Waals surface area contributed by atoms with E-state index in [1.807, 2.05) is 0 Å². The first-order valence-electron chi connectivity index (χ1n) is 5.22. The van der Waals surface area contributed by atoms with E-state index >= 15 is 0 Å². The van der Waals surface area contributed by atoms with Crippen LogP contribution in [0.5, 0.6) is 5.75 Å². The molecule has 0 unspecified atom stereocenters. The summed E-state index contributed by atoms with van der Waals surface area (Å²) in [5, 5.41) is 8.55. The minimum absolute atomic E-state index is 0.0930. The van der Waals surface area contributed by atoms with E-state index in [0.29, 0.717) is 5.75 Å². The second-order valence-electron chi connectivity index (χ2n) is 3.59. The van der Waals surface area contributed by atoms with Gasteiger partial charge in [-0.2, -0.15) is 0 Å². The molecule has 0 aliphatic heterocycles. The van der Waals surface area contributed by atoms with Crippen molar-refractivity contribution in [3.05, 3.63) is 42.0 Å². The third kappa shape index (κ3) is 4.29. The molecule has 0 fully saturated rings. The van der Waals surface area contributed by atoms with Gasteiger partial charge < -0.3 is 14.6 Å². The Labute approximate surface area is 105 Å². The van der Waals surface area contributed by atoms with Crippen molar-refractivity contribution in [2.24, 2.45) is 0 Å². The minimum Gasteiger partial charge on any atom is -0.497 e. The summed E-state index contributed by atoms with van der Waals surface area (Å²) >= 11 is 0. The number of hydrogen-bond donors (Lipinski definition) is 1. The zero-order valence-corrected chi connectivity index (χ0v) is 10.0. The summed E-state index contributed by atoms with van der Waals surface area (Å²) in [6.45, 7) is 3.35. The molecule has 5 nitrogen and oxygen atoms in total. The quantitative estimate of drug-likeness (QED) is 0.615. The fourth-order valence-electron chi connectivity index (χ4n) is 1.19. The van der Waals surface area contributed by atoms with Crippen LogP contribution >= 0.6 is 0 Å². The number of methoxy groups -OCH3 is 1. The number of hydrogen-bond acceptors (Lipinski definition) is 4. The molecule has 1 rings (SSSR count). The molecule has 0 radical (unpaired) electrons. The molecule has 0 saturated carbocycles. The molecule has 5 heteroatoms. The molecular formula is C13H14O5. The number of carboxylic acid groups (broad SMARTS) is 1. The molecule has 1 aromatic rings. The highest BCUT2D eigenvalue weighted by molar-refractivity contribution is 5.91. The van der Waals surface area contributed by atoms with E-state index in [2.05, 4.69) is 6.58 Å². The van der Waals surface area contributed by atoms with Crippen LogP contribution in [0.25, 0.3) is 0 Å². The van der Waals surface area contributed by atoms with E-state index in [-0.39, 0.29) is 18.6 Å². The van der Waals surface area contributed by atoms with Crippen LogP contribution in [0, 0.1) is 0 Å². The van der Waals surface area contributed by atoms with Gasteiger partial charge in [0.25, 0.3) is 0 Å². The molecule has 0 aliphatic carbocycles. The first kappa shape index (κ1) is 13.8. The highest BCUT2D eigenvalue weighted by Crippen LogP contribution is 2.12. The van der Waals surface area contributed by atoms with E-state index in [0.717, 1.165) is 5.56 Å². The summed E-state index contributed by atoms with van der Waals surface area (Å²) in [4.78, 5) is 21.7. The monoisotopic (exact) mass is 250 g/mol. The van der Waals surface area contributed by atoms with Crippen molar-refractivity contribution in [1.82, 2.24) is 0 Å². The fourth-order valence-corrected chi connectivity index (χ4v) is 1.19. The van der Waals surface area contributed by atoms with Gasteiger partial charge in [0, 0.05) is 5.57 Å².